The number of likely N-dealkylation sites (N-methyl/N-ethyl adjacent to an activating group) is 1. The topological polar surface area (TPSA) is 54.5 Å². The zero-order chi connectivity index (χ0) is 17.3. The van der Waals surface area contributed by atoms with Gasteiger partial charge in [-0.3, -0.25) is 4.79 Å². The van der Waals surface area contributed by atoms with E-state index in [-0.39, 0.29) is 23.1 Å². The molecule has 1 fully saturated rings. The maximum absolute atomic E-state index is 12.5. The smallest absolute Gasteiger partial charge is 0.223 e. The van der Waals surface area contributed by atoms with Crippen molar-refractivity contribution in [2.45, 2.75) is 38.6 Å². The van der Waals surface area contributed by atoms with Crippen LogP contribution in [0, 0.1) is 5.41 Å². The van der Waals surface area contributed by atoms with Crippen molar-refractivity contribution in [3.63, 3.8) is 0 Å². The lowest BCUT2D eigenvalue weighted by molar-refractivity contribution is -0.132. The fourth-order valence-corrected chi connectivity index (χ4v) is 4.52. The van der Waals surface area contributed by atoms with Gasteiger partial charge in [-0.1, -0.05) is 23.7 Å². The third kappa shape index (κ3) is 5.50. The molecule has 0 saturated heterocycles. The molecule has 0 bridgehead atoms. The Morgan fingerprint density at radius 2 is 1.87 bits per heavy atom. The molecule has 1 atom stereocenters. The van der Waals surface area contributed by atoms with Gasteiger partial charge in [-0.25, -0.2) is 8.42 Å². The SMILES string of the molecule is CC(Cc1ccc(Cl)cc1)N(C)C(=O)CC1(CS(C)(=O)=O)CC1. The van der Waals surface area contributed by atoms with Crippen molar-refractivity contribution in [3.8, 4) is 0 Å². The lowest BCUT2D eigenvalue weighted by Gasteiger charge is -2.27. The summed E-state index contributed by atoms with van der Waals surface area (Å²) in [7, 11) is -1.26. The summed E-state index contributed by atoms with van der Waals surface area (Å²) in [5, 5.41) is 0.697. The molecule has 0 aliphatic heterocycles. The molecule has 6 heteroatoms. The van der Waals surface area contributed by atoms with Gasteiger partial charge in [-0.15, -0.1) is 0 Å². The highest BCUT2D eigenvalue weighted by Gasteiger charge is 2.47. The van der Waals surface area contributed by atoms with Crippen LogP contribution in [0.1, 0.15) is 31.7 Å². The summed E-state index contributed by atoms with van der Waals surface area (Å²) in [6.07, 6.45) is 3.96. The number of benzene rings is 1. The van der Waals surface area contributed by atoms with Crippen LogP contribution < -0.4 is 0 Å². The Morgan fingerprint density at radius 1 is 1.30 bits per heavy atom. The van der Waals surface area contributed by atoms with Gasteiger partial charge in [0.15, 0.2) is 0 Å². The molecule has 1 aliphatic carbocycles. The summed E-state index contributed by atoms with van der Waals surface area (Å²) in [5.41, 5.74) is 0.803. The quantitative estimate of drug-likeness (QED) is 0.753. The van der Waals surface area contributed by atoms with Crippen molar-refractivity contribution in [3.05, 3.63) is 34.9 Å². The Labute approximate surface area is 143 Å². The molecule has 1 aromatic carbocycles. The third-order valence-corrected chi connectivity index (χ3v) is 5.94. The predicted molar refractivity (Wildman–Crippen MR) is 93.4 cm³/mol. The maximum atomic E-state index is 12.5. The van der Waals surface area contributed by atoms with E-state index in [4.69, 9.17) is 11.6 Å². The first-order valence-corrected chi connectivity index (χ1v) is 10.2. The fourth-order valence-electron chi connectivity index (χ4n) is 2.89. The Balaban J connectivity index is 1.92. The number of carbonyl (C=O) groups is 1. The molecule has 0 radical (unpaired) electrons. The van der Waals surface area contributed by atoms with E-state index in [2.05, 4.69) is 0 Å². The molecular weight excluding hydrogens is 334 g/mol. The molecule has 1 amide bonds. The van der Waals surface area contributed by atoms with Crippen LogP contribution in [0.25, 0.3) is 0 Å². The first-order valence-electron chi connectivity index (χ1n) is 7.78. The number of hydrogen-bond acceptors (Lipinski definition) is 3. The second kappa shape index (κ2) is 6.81. The number of carbonyl (C=O) groups excluding carboxylic acids is 1. The summed E-state index contributed by atoms with van der Waals surface area (Å²) < 4.78 is 23.0. The normalized spacial score (nSPS) is 17.6. The van der Waals surface area contributed by atoms with Crippen molar-refractivity contribution < 1.29 is 13.2 Å². The summed E-state index contributed by atoms with van der Waals surface area (Å²) in [4.78, 5) is 14.2. The van der Waals surface area contributed by atoms with E-state index in [9.17, 15) is 13.2 Å². The Morgan fingerprint density at radius 3 is 2.35 bits per heavy atom. The number of nitrogens with zero attached hydrogens (tertiary/aromatic N) is 1. The molecule has 0 spiro atoms. The zero-order valence-electron chi connectivity index (χ0n) is 13.9. The largest absolute Gasteiger partial charge is 0.343 e. The molecule has 0 heterocycles. The first kappa shape index (κ1) is 18.3. The highest BCUT2D eigenvalue weighted by molar-refractivity contribution is 7.90. The monoisotopic (exact) mass is 357 g/mol. The average Bonchev–Trinajstić information content (AvgIpc) is 3.17. The lowest BCUT2D eigenvalue weighted by atomic mass is 10.0. The summed E-state index contributed by atoms with van der Waals surface area (Å²) in [6.45, 7) is 2.00. The van der Waals surface area contributed by atoms with Crippen molar-refractivity contribution >= 4 is 27.3 Å². The lowest BCUT2D eigenvalue weighted by Crippen LogP contribution is -2.38. The van der Waals surface area contributed by atoms with Crippen molar-refractivity contribution in [2.24, 2.45) is 5.41 Å². The van der Waals surface area contributed by atoms with E-state index in [1.54, 1.807) is 11.9 Å². The average molecular weight is 358 g/mol. The van der Waals surface area contributed by atoms with Crippen LogP contribution in [-0.4, -0.2) is 44.3 Å². The van der Waals surface area contributed by atoms with Crippen molar-refractivity contribution in [1.29, 1.82) is 0 Å². The molecule has 1 aromatic rings. The molecule has 4 nitrogen and oxygen atoms in total. The van der Waals surface area contributed by atoms with Gasteiger partial charge in [-0.2, -0.15) is 0 Å². The van der Waals surface area contributed by atoms with Gasteiger partial charge in [0.25, 0.3) is 0 Å². The number of halogens is 1. The molecule has 1 unspecified atom stereocenters. The van der Waals surface area contributed by atoms with Crippen LogP contribution >= 0.6 is 11.6 Å². The summed E-state index contributed by atoms with van der Waals surface area (Å²) >= 11 is 5.88. The van der Waals surface area contributed by atoms with Crippen LogP contribution in [0.15, 0.2) is 24.3 Å². The van der Waals surface area contributed by atoms with Crippen LogP contribution in [0.2, 0.25) is 5.02 Å². The summed E-state index contributed by atoms with van der Waals surface area (Å²) in [5.74, 6) is 0.137. The van der Waals surface area contributed by atoms with Crippen molar-refractivity contribution in [2.75, 3.05) is 19.1 Å². The minimum Gasteiger partial charge on any atom is -0.343 e. The highest BCUT2D eigenvalue weighted by Crippen LogP contribution is 2.50. The van der Waals surface area contributed by atoms with Gasteiger partial charge in [0.2, 0.25) is 5.91 Å². The number of amides is 1. The number of sulfone groups is 1. The fraction of sp³-hybridized carbons (Fsp3) is 0.588. The van der Waals surface area contributed by atoms with Crippen LogP contribution in [0.3, 0.4) is 0 Å². The minimum absolute atomic E-state index is 0.0209. The molecule has 23 heavy (non-hydrogen) atoms. The van der Waals surface area contributed by atoms with Crippen molar-refractivity contribution in [1.82, 2.24) is 4.90 Å². The first-order chi connectivity index (χ1) is 10.6. The maximum Gasteiger partial charge on any atom is 0.223 e. The van der Waals surface area contributed by atoms with Gasteiger partial charge >= 0.3 is 0 Å². The molecular formula is C17H24ClNO3S. The van der Waals surface area contributed by atoms with Crippen LogP contribution in [0.5, 0.6) is 0 Å². The molecule has 128 valence electrons. The van der Waals surface area contributed by atoms with E-state index in [1.807, 2.05) is 31.2 Å². The second-order valence-corrected chi connectivity index (χ2v) is 9.51. The van der Waals surface area contributed by atoms with E-state index < -0.39 is 9.84 Å². The number of rotatable bonds is 7. The van der Waals surface area contributed by atoms with E-state index in [0.29, 0.717) is 11.4 Å². The number of hydrogen-bond donors (Lipinski definition) is 0. The molecule has 2 rings (SSSR count). The molecule has 1 saturated carbocycles. The van der Waals surface area contributed by atoms with E-state index >= 15 is 0 Å². The van der Waals surface area contributed by atoms with Gasteiger partial charge in [0, 0.05) is 30.8 Å². The van der Waals surface area contributed by atoms with Crippen LogP contribution in [-0.2, 0) is 21.1 Å². The standard InChI is InChI=1S/C17H24ClNO3S/c1-13(10-14-4-6-15(18)7-5-14)19(2)16(20)11-17(8-9-17)12-23(3,21)22/h4-7,13H,8-12H2,1-3H3. The highest BCUT2D eigenvalue weighted by atomic mass is 35.5. The van der Waals surface area contributed by atoms with E-state index in [1.165, 1.54) is 6.26 Å². The Bertz CT molecular complexity index is 666. The van der Waals surface area contributed by atoms with E-state index in [0.717, 1.165) is 24.8 Å². The van der Waals surface area contributed by atoms with Gasteiger partial charge in [0.1, 0.15) is 9.84 Å². The molecule has 1 aliphatic rings. The van der Waals surface area contributed by atoms with Gasteiger partial charge in [0.05, 0.1) is 5.75 Å². The van der Waals surface area contributed by atoms with Gasteiger partial charge < -0.3 is 4.90 Å². The predicted octanol–water partition coefficient (Wildman–Crippen LogP) is 2.94. The second-order valence-electron chi connectivity index (χ2n) is 6.93. The third-order valence-electron chi connectivity index (χ3n) is 4.55. The Kier molecular flexibility index (Phi) is 5.41. The van der Waals surface area contributed by atoms with Crippen LogP contribution in [0.4, 0.5) is 0 Å². The molecule has 0 aromatic heterocycles. The summed E-state index contributed by atoms with van der Waals surface area (Å²) in [6, 6.07) is 7.66. The minimum atomic E-state index is -3.05. The zero-order valence-corrected chi connectivity index (χ0v) is 15.5. The van der Waals surface area contributed by atoms with Gasteiger partial charge in [-0.05, 0) is 49.3 Å². The Hall–Kier alpha value is -1.07. The molecule has 0 N–H and O–H groups in total.